The molecule has 2 saturated heterocycles. The highest BCUT2D eigenvalue weighted by Crippen LogP contribution is 2.33. The van der Waals surface area contributed by atoms with Crippen molar-refractivity contribution in [2.24, 2.45) is 0 Å². The van der Waals surface area contributed by atoms with Gasteiger partial charge in [-0.2, -0.15) is 0 Å². The molecule has 2 heterocycles. The summed E-state index contributed by atoms with van der Waals surface area (Å²) in [5.74, 6) is 1.15. The smallest absolute Gasteiger partial charge is 0.322 e. The van der Waals surface area contributed by atoms with E-state index in [2.05, 4.69) is 10.2 Å². The van der Waals surface area contributed by atoms with Crippen LogP contribution >= 0.6 is 11.6 Å². The van der Waals surface area contributed by atoms with Gasteiger partial charge in [0.15, 0.2) is 5.75 Å². The Morgan fingerprint density at radius 3 is 2.46 bits per heavy atom. The number of likely N-dealkylation sites (tertiary alicyclic amines) is 2. The molecule has 0 radical (unpaired) electrons. The van der Waals surface area contributed by atoms with Crippen molar-refractivity contribution in [3.8, 4) is 11.5 Å². The van der Waals surface area contributed by atoms with Gasteiger partial charge in [-0.25, -0.2) is 4.79 Å². The highest BCUT2D eigenvalue weighted by Gasteiger charge is 2.29. The quantitative estimate of drug-likeness (QED) is 0.766. The molecule has 1 atom stereocenters. The second-order valence-corrected chi connectivity index (χ2v) is 7.85. The highest BCUT2D eigenvalue weighted by molar-refractivity contribution is 6.32. The predicted molar refractivity (Wildman–Crippen MR) is 112 cm³/mol. The van der Waals surface area contributed by atoms with Crippen molar-refractivity contribution in [1.82, 2.24) is 9.80 Å². The number of urea groups is 1. The fraction of sp³-hybridized carbons (Fsp3) is 0.409. The normalized spacial score (nSPS) is 20.2. The molecule has 2 aliphatic heterocycles. The van der Waals surface area contributed by atoms with Gasteiger partial charge in [-0.3, -0.25) is 4.90 Å². The number of nitrogens with one attached hydrogen (secondary N) is 1. The molecule has 148 valence electrons. The van der Waals surface area contributed by atoms with E-state index in [-0.39, 0.29) is 6.03 Å². The summed E-state index contributed by atoms with van der Waals surface area (Å²) >= 11 is 6.21. The summed E-state index contributed by atoms with van der Waals surface area (Å²) in [7, 11) is 0. The number of benzene rings is 2. The summed E-state index contributed by atoms with van der Waals surface area (Å²) in [6, 6.07) is 15.2. The molecule has 4 rings (SSSR count). The Kier molecular flexibility index (Phi) is 6.03. The van der Waals surface area contributed by atoms with Crippen LogP contribution in [0, 0.1) is 0 Å². The molecule has 0 aliphatic carbocycles. The average molecular weight is 400 g/mol. The van der Waals surface area contributed by atoms with E-state index in [1.165, 1.54) is 19.3 Å². The van der Waals surface area contributed by atoms with E-state index in [1.54, 1.807) is 6.07 Å². The zero-order valence-corrected chi connectivity index (χ0v) is 16.7. The standard InChI is InChI=1S/C22H26ClN3O2/c23-18-9-1-3-11-20(18)28-21-12-4-2-10-19(21)24-22(27)26-15-7-8-17(16-26)25-13-5-6-14-25/h1-4,9-12,17H,5-8,13-16H2,(H,24,27). The van der Waals surface area contributed by atoms with Crippen LogP contribution in [0.4, 0.5) is 10.5 Å². The topological polar surface area (TPSA) is 44.8 Å². The van der Waals surface area contributed by atoms with Gasteiger partial charge < -0.3 is 15.0 Å². The van der Waals surface area contributed by atoms with Crippen LogP contribution in [0.3, 0.4) is 0 Å². The van der Waals surface area contributed by atoms with E-state index in [4.69, 9.17) is 16.3 Å². The minimum Gasteiger partial charge on any atom is -0.454 e. The number of halogens is 1. The Hall–Kier alpha value is -2.24. The lowest BCUT2D eigenvalue weighted by Gasteiger charge is -2.37. The molecule has 2 aromatic carbocycles. The number of para-hydroxylation sites is 3. The molecule has 2 aliphatic rings. The predicted octanol–water partition coefficient (Wildman–Crippen LogP) is 5.22. The number of nitrogens with zero attached hydrogens (tertiary/aromatic N) is 2. The molecular formula is C22H26ClN3O2. The number of piperidine rings is 1. The van der Waals surface area contributed by atoms with Crippen LogP contribution in [0.1, 0.15) is 25.7 Å². The van der Waals surface area contributed by atoms with Gasteiger partial charge in [0, 0.05) is 19.1 Å². The van der Waals surface area contributed by atoms with Crippen LogP contribution in [0.25, 0.3) is 0 Å². The first kappa shape index (κ1) is 19.1. The third-order valence-electron chi connectivity index (χ3n) is 5.53. The number of hydrogen-bond donors (Lipinski definition) is 1. The summed E-state index contributed by atoms with van der Waals surface area (Å²) in [4.78, 5) is 17.4. The molecule has 5 nitrogen and oxygen atoms in total. The lowest BCUT2D eigenvalue weighted by molar-refractivity contribution is 0.131. The lowest BCUT2D eigenvalue weighted by atomic mass is 10.0. The van der Waals surface area contributed by atoms with Crippen molar-refractivity contribution in [2.75, 3.05) is 31.5 Å². The molecule has 1 N–H and O–H groups in total. The molecule has 0 saturated carbocycles. The van der Waals surface area contributed by atoms with E-state index in [0.29, 0.717) is 28.3 Å². The first-order valence-electron chi connectivity index (χ1n) is 10.0. The molecule has 2 fully saturated rings. The fourth-order valence-corrected chi connectivity index (χ4v) is 4.22. The minimum absolute atomic E-state index is 0.0703. The second-order valence-electron chi connectivity index (χ2n) is 7.44. The first-order chi connectivity index (χ1) is 13.7. The number of carbonyl (C=O) groups is 1. The first-order valence-corrected chi connectivity index (χ1v) is 10.4. The zero-order valence-electron chi connectivity index (χ0n) is 15.9. The molecule has 6 heteroatoms. The Balaban J connectivity index is 1.43. The number of ether oxygens (including phenoxy) is 1. The van der Waals surface area contributed by atoms with Crippen molar-refractivity contribution in [2.45, 2.75) is 31.7 Å². The van der Waals surface area contributed by atoms with Gasteiger partial charge in [-0.15, -0.1) is 0 Å². The summed E-state index contributed by atoms with van der Waals surface area (Å²) in [5.41, 5.74) is 0.649. The van der Waals surface area contributed by atoms with Crippen molar-refractivity contribution in [3.63, 3.8) is 0 Å². The minimum atomic E-state index is -0.0703. The maximum Gasteiger partial charge on any atom is 0.322 e. The van der Waals surface area contributed by atoms with Crippen LogP contribution in [0.5, 0.6) is 11.5 Å². The summed E-state index contributed by atoms with van der Waals surface area (Å²) in [6.07, 6.45) is 4.77. The average Bonchev–Trinajstić information content (AvgIpc) is 3.26. The van der Waals surface area contributed by atoms with Crippen molar-refractivity contribution in [3.05, 3.63) is 53.6 Å². The van der Waals surface area contributed by atoms with Crippen molar-refractivity contribution < 1.29 is 9.53 Å². The molecule has 0 bridgehead atoms. The SMILES string of the molecule is O=C(Nc1ccccc1Oc1ccccc1Cl)N1CCCC(N2CCCC2)C1. The van der Waals surface area contributed by atoms with Gasteiger partial charge in [-0.1, -0.05) is 35.9 Å². The fourth-order valence-electron chi connectivity index (χ4n) is 4.04. The van der Waals surface area contributed by atoms with Crippen LogP contribution < -0.4 is 10.1 Å². The van der Waals surface area contributed by atoms with Gasteiger partial charge >= 0.3 is 6.03 Å². The maximum absolute atomic E-state index is 12.9. The second kappa shape index (κ2) is 8.84. The van der Waals surface area contributed by atoms with Crippen LogP contribution in [-0.2, 0) is 0 Å². The summed E-state index contributed by atoms with van der Waals surface area (Å²) in [5, 5.41) is 3.57. The van der Waals surface area contributed by atoms with E-state index >= 15 is 0 Å². The number of amides is 2. The molecule has 0 aromatic heterocycles. The molecular weight excluding hydrogens is 374 g/mol. The number of carbonyl (C=O) groups excluding carboxylic acids is 1. The zero-order chi connectivity index (χ0) is 19.3. The van der Waals surface area contributed by atoms with E-state index < -0.39 is 0 Å². The molecule has 2 amide bonds. The Labute approximate surface area is 171 Å². The van der Waals surface area contributed by atoms with E-state index in [1.807, 2.05) is 47.4 Å². The van der Waals surface area contributed by atoms with Gasteiger partial charge in [0.2, 0.25) is 0 Å². The molecule has 2 aromatic rings. The monoisotopic (exact) mass is 399 g/mol. The molecule has 1 unspecified atom stereocenters. The van der Waals surface area contributed by atoms with Crippen LogP contribution in [0.2, 0.25) is 5.02 Å². The number of anilines is 1. The van der Waals surface area contributed by atoms with E-state index in [0.717, 1.165) is 32.6 Å². The van der Waals surface area contributed by atoms with Crippen LogP contribution in [-0.4, -0.2) is 48.1 Å². The van der Waals surface area contributed by atoms with Crippen molar-refractivity contribution >= 4 is 23.3 Å². The highest BCUT2D eigenvalue weighted by atomic mass is 35.5. The van der Waals surface area contributed by atoms with Gasteiger partial charge in [0.05, 0.1) is 10.7 Å². The molecule has 28 heavy (non-hydrogen) atoms. The van der Waals surface area contributed by atoms with Gasteiger partial charge in [-0.05, 0) is 63.0 Å². The number of rotatable bonds is 4. The third kappa shape index (κ3) is 4.42. The van der Waals surface area contributed by atoms with Crippen molar-refractivity contribution in [1.29, 1.82) is 0 Å². The van der Waals surface area contributed by atoms with Gasteiger partial charge in [0.1, 0.15) is 5.75 Å². The Morgan fingerprint density at radius 2 is 1.68 bits per heavy atom. The maximum atomic E-state index is 12.9. The largest absolute Gasteiger partial charge is 0.454 e. The Bertz CT molecular complexity index is 823. The lowest BCUT2D eigenvalue weighted by Crippen LogP contribution is -2.50. The molecule has 0 spiro atoms. The van der Waals surface area contributed by atoms with Crippen LogP contribution in [0.15, 0.2) is 48.5 Å². The Morgan fingerprint density at radius 1 is 0.964 bits per heavy atom. The summed E-state index contributed by atoms with van der Waals surface area (Å²) in [6.45, 7) is 3.91. The third-order valence-corrected chi connectivity index (χ3v) is 5.84. The van der Waals surface area contributed by atoms with Gasteiger partial charge in [0.25, 0.3) is 0 Å². The number of hydrogen-bond acceptors (Lipinski definition) is 3. The summed E-state index contributed by atoms with van der Waals surface area (Å²) < 4.78 is 5.96. The van der Waals surface area contributed by atoms with E-state index in [9.17, 15) is 4.79 Å².